The first-order valence-electron chi connectivity index (χ1n) is 11.7. The van der Waals surface area contributed by atoms with Gasteiger partial charge in [-0.2, -0.15) is 3.97 Å². The van der Waals surface area contributed by atoms with Crippen molar-refractivity contribution in [1.29, 1.82) is 0 Å². The van der Waals surface area contributed by atoms with Gasteiger partial charge in [0.15, 0.2) is 12.4 Å². The first kappa shape index (κ1) is 25.2. The summed E-state index contributed by atoms with van der Waals surface area (Å²) in [6.45, 7) is -0.128. The summed E-state index contributed by atoms with van der Waals surface area (Å²) in [5.41, 5.74) is 3.68. The smallest absolute Gasteiger partial charge is 0.452 e. The second kappa shape index (κ2) is 10.9. The zero-order chi connectivity index (χ0) is 26.6. The van der Waals surface area contributed by atoms with Gasteiger partial charge >= 0.3 is 17.8 Å². The molecule has 1 N–H and O–H groups in total. The molecule has 38 heavy (non-hydrogen) atoms. The average Bonchev–Trinajstić information content (AvgIpc) is 3.28. The van der Waals surface area contributed by atoms with Crippen LogP contribution in [0.2, 0.25) is 0 Å². The number of amides is 1. The fourth-order valence-corrected chi connectivity index (χ4v) is 4.68. The van der Waals surface area contributed by atoms with Gasteiger partial charge in [-0.15, -0.1) is 0 Å². The number of nitrogens with zero attached hydrogens (tertiary/aromatic N) is 3. The number of benzene rings is 3. The quantitative estimate of drug-likeness (QED) is 0.343. The van der Waals surface area contributed by atoms with E-state index in [9.17, 15) is 19.5 Å². The Balaban J connectivity index is 1.59. The van der Waals surface area contributed by atoms with Gasteiger partial charge in [-0.3, -0.25) is 9.42 Å². The van der Waals surface area contributed by atoms with Gasteiger partial charge in [0.1, 0.15) is 12.4 Å². The molecule has 1 amide bonds. The molecule has 0 spiro atoms. The van der Waals surface area contributed by atoms with Crippen molar-refractivity contribution in [3.8, 4) is 17.1 Å². The lowest BCUT2D eigenvalue weighted by Gasteiger charge is -2.37. The van der Waals surface area contributed by atoms with E-state index in [0.29, 0.717) is 24.1 Å². The van der Waals surface area contributed by atoms with Crippen LogP contribution < -0.4 is 10.5 Å². The highest BCUT2D eigenvalue weighted by atomic mass is 32.1. The van der Waals surface area contributed by atoms with Gasteiger partial charge in [0.25, 0.3) is 0 Å². The van der Waals surface area contributed by atoms with Gasteiger partial charge in [-0.05, 0) is 41.3 Å². The van der Waals surface area contributed by atoms with Crippen LogP contribution in [0.4, 0.5) is 4.79 Å². The number of hydrogen-bond donors (Lipinski definition) is 2. The van der Waals surface area contributed by atoms with E-state index in [1.165, 1.54) is 0 Å². The summed E-state index contributed by atoms with van der Waals surface area (Å²) in [7, 11) is 0. The number of fused-ring (bicyclic) bond motifs is 1. The van der Waals surface area contributed by atoms with Crippen molar-refractivity contribution >= 4 is 24.9 Å². The van der Waals surface area contributed by atoms with Crippen molar-refractivity contribution in [2.24, 2.45) is 0 Å². The zero-order valence-electron chi connectivity index (χ0n) is 20.0. The Labute approximate surface area is 222 Å². The van der Waals surface area contributed by atoms with Crippen molar-refractivity contribution in [1.82, 2.24) is 14.0 Å². The lowest BCUT2D eigenvalue weighted by molar-refractivity contribution is -0.139. The molecule has 194 valence electrons. The summed E-state index contributed by atoms with van der Waals surface area (Å²) in [4.78, 5) is 38.2. The molecule has 1 aromatic heterocycles. The second-order valence-corrected chi connectivity index (χ2v) is 9.00. The normalized spacial score (nSPS) is 14.6. The van der Waals surface area contributed by atoms with Crippen LogP contribution in [0.25, 0.3) is 11.4 Å². The predicted octanol–water partition coefficient (Wildman–Crippen LogP) is 3.94. The molecule has 1 aliphatic heterocycles. The van der Waals surface area contributed by atoms with Crippen LogP contribution in [0.15, 0.2) is 82.1 Å². The Bertz CT molecular complexity index is 1530. The average molecular weight is 534 g/mol. The third kappa shape index (κ3) is 5.14. The number of thiol groups is 1. The van der Waals surface area contributed by atoms with Gasteiger partial charge in [0.2, 0.25) is 0 Å². The molecule has 0 saturated heterocycles. The van der Waals surface area contributed by atoms with E-state index in [2.05, 4.69) is 18.0 Å². The van der Waals surface area contributed by atoms with Gasteiger partial charge in [-0.1, -0.05) is 72.6 Å². The molecule has 1 aliphatic rings. The van der Waals surface area contributed by atoms with Crippen LogP contribution in [0, 0.1) is 0 Å². The molecule has 3 aromatic carbocycles. The Morgan fingerprint density at radius 3 is 2.55 bits per heavy atom. The first-order chi connectivity index (χ1) is 18.4. The minimum atomic E-state index is -1.15. The van der Waals surface area contributed by atoms with Crippen molar-refractivity contribution in [3.63, 3.8) is 0 Å². The molecule has 11 heteroatoms. The SMILES string of the molecule is O=C(O)COc1ccc(-c2noc(=O)n2S)cc1C1c2ccccc2CCN1C(=O)OCc1ccccc1. The van der Waals surface area contributed by atoms with Gasteiger partial charge < -0.3 is 14.6 Å². The number of carboxylic acids is 1. The number of rotatable bonds is 7. The van der Waals surface area contributed by atoms with Crippen molar-refractivity contribution in [2.45, 2.75) is 19.1 Å². The highest BCUT2D eigenvalue weighted by Crippen LogP contribution is 2.41. The van der Waals surface area contributed by atoms with Gasteiger partial charge in [0, 0.05) is 17.7 Å². The van der Waals surface area contributed by atoms with Crippen molar-refractivity contribution in [3.05, 3.63) is 106 Å². The van der Waals surface area contributed by atoms with E-state index < -0.39 is 30.5 Å². The van der Waals surface area contributed by atoms with E-state index in [-0.39, 0.29) is 18.2 Å². The maximum absolute atomic E-state index is 13.4. The van der Waals surface area contributed by atoms with Gasteiger partial charge in [0.05, 0.1) is 6.04 Å². The Hall–Kier alpha value is -4.51. The highest BCUT2D eigenvalue weighted by molar-refractivity contribution is 7.78. The minimum absolute atomic E-state index is 0.0951. The maximum Gasteiger partial charge on any atom is 0.452 e. The van der Waals surface area contributed by atoms with Crippen LogP contribution in [-0.2, 0) is 22.6 Å². The number of carbonyl (C=O) groups excluding carboxylic acids is 1. The van der Waals surface area contributed by atoms with E-state index in [1.54, 1.807) is 23.1 Å². The molecule has 1 unspecified atom stereocenters. The van der Waals surface area contributed by atoms with Crippen molar-refractivity contribution < 1.29 is 28.7 Å². The molecule has 0 fully saturated rings. The summed E-state index contributed by atoms with van der Waals surface area (Å²) in [6.07, 6.45) is 0.0768. The molecule has 0 saturated carbocycles. The van der Waals surface area contributed by atoms with Gasteiger partial charge in [-0.25, -0.2) is 14.4 Å². The predicted molar refractivity (Wildman–Crippen MR) is 139 cm³/mol. The summed E-state index contributed by atoms with van der Waals surface area (Å²) in [5, 5.41) is 13.0. The molecule has 0 aliphatic carbocycles. The molecular formula is C27H23N3O7S. The monoisotopic (exact) mass is 533 g/mol. The summed E-state index contributed by atoms with van der Waals surface area (Å²) in [5.74, 6) is -1.50. The summed E-state index contributed by atoms with van der Waals surface area (Å²) >= 11 is 4.14. The Morgan fingerprint density at radius 2 is 1.82 bits per heavy atom. The minimum Gasteiger partial charge on any atom is -0.482 e. The van der Waals surface area contributed by atoms with Crippen LogP contribution in [-0.4, -0.2) is 44.3 Å². The number of carbonyl (C=O) groups is 2. The molecule has 10 nitrogen and oxygen atoms in total. The number of hydrogen-bond acceptors (Lipinski definition) is 8. The summed E-state index contributed by atoms with van der Waals surface area (Å²) in [6, 6.07) is 21.2. The molecule has 4 aromatic rings. The van der Waals surface area contributed by atoms with Crippen LogP contribution in [0.1, 0.15) is 28.3 Å². The number of aliphatic carboxylic acids is 1. The maximum atomic E-state index is 13.4. The van der Waals surface area contributed by atoms with Crippen LogP contribution >= 0.6 is 12.8 Å². The molecule has 0 bridgehead atoms. The number of carboxylic acid groups (broad SMARTS) is 1. The highest BCUT2D eigenvalue weighted by Gasteiger charge is 2.35. The number of aromatic nitrogens is 2. The van der Waals surface area contributed by atoms with Crippen LogP contribution in [0.5, 0.6) is 5.75 Å². The second-order valence-electron chi connectivity index (χ2n) is 8.60. The van der Waals surface area contributed by atoms with E-state index in [1.807, 2.05) is 54.6 Å². The molecule has 1 atom stereocenters. The standard InChI is InChI=1S/C27H23N3O7S/c31-23(32)16-35-22-11-10-19(25-28-37-27(34)30(25)38)14-21(22)24-20-9-5-4-8-18(20)12-13-29(24)26(33)36-15-17-6-2-1-3-7-17/h1-11,14,24,38H,12-13,15-16H2,(H,31,32). The third-order valence-electron chi connectivity index (χ3n) is 6.22. The molecule has 0 radical (unpaired) electrons. The lowest BCUT2D eigenvalue weighted by atomic mass is 9.87. The fraction of sp³-hybridized carbons (Fsp3) is 0.185. The van der Waals surface area contributed by atoms with E-state index >= 15 is 0 Å². The Kier molecular flexibility index (Phi) is 7.18. The molecular weight excluding hydrogens is 510 g/mol. The fourth-order valence-electron chi connectivity index (χ4n) is 4.49. The lowest BCUT2D eigenvalue weighted by Crippen LogP contribution is -2.41. The molecule has 5 rings (SSSR count). The van der Waals surface area contributed by atoms with Crippen molar-refractivity contribution in [2.75, 3.05) is 13.2 Å². The number of ether oxygens (including phenoxy) is 2. The van der Waals surface area contributed by atoms with E-state index in [0.717, 1.165) is 20.7 Å². The third-order valence-corrected chi connectivity index (χ3v) is 6.57. The Morgan fingerprint density at radius 1 is 1.05 bits per heavy atom. The largest absolute Gasteiger partial charge is 0.482 e. The summed E-state index contributed by atoms with van der Waals surface area (Å²) < 4.78 is 17.0. The topological polar surface area (TPSA) is 124 Å². The van der Waals surface area contributed by atoms with Crippen LogP contribution in [0.3, 0.4) is 0 Å². The zero-order valence-corrected chi connectivity index (χ0v) is 20.9. The molecule has 2 heterocycles. The van der Waals surface area contributed by atoms with E-state index in [4.69, 9.17) is 14.0 Å². The first-order valence-corrected chi connectivity index (χ1v) is 12.1.